The van der Waals surface area contributed by atoms with E-state index in [2.05, 4.69) is 56.6 Å². The van der Waals surface area contributed by atoms with Crippen LogP contribution in [0.15, 0.2) is 60.0 Å². The van der Waals surface area contributed by atoms with Gasteiger partial charge in [0, 0.05) is 10.3 Å². The lowest BCUT2D eigenvalue weighted by Crippen LogP contribution is -2.07. The number of nitrogen functional groups attached to an aromatic ring is 1. The minimum atomic E-state index is 0.252. The van der Waals surface area contributed by atoms with Crippen LogP contribution in [0.5, 0.6) is 0 Å². The molecule has 0 saturated heterocycles. The van der Waals surface area contributed by atoms with Gasteiger partial charge in [-0.25, -0.2) is 4.98 Å². The third kappa shape index (κ3) is 3.10. The van der Waals surface area contributed by atoms with E-state index in [0.29, 0.717) is 0 Å². The third-order valence-electron chi connectivity index (χ3n) is 3.88. The number of anilines is 3. The van der Waals surface area contributed by atoms with Crippen molar-refractivity contribution in [3.8, 4) is 10.4 Å². The van der Waals surface area contributed by atoms with E-state index >= 15 is 0 Å². The number of rotatable bonds is 3. The molecule has 2 heterocycles. The molecular weight excluding hydrogens is 396 g/mol. The zero-order valence-electron chi connectivity index (χ0n) is 13.5. The highest BCUT2D eigenvalue weighted by molar-refractivity contribution is 9.10. The van der Waals surface area contributed by atoms with Gasteiger partial charge in [0.1, 0.15) is 0 Å². The minimum Gasteiger partial charge on any atom is -0.368 e. The van der Waals surface area contributed by atoms with Crippen LogP contribution >= 0.6 is 27.5 Å². The molecule has 0 radical (unpaired) electrons. The van der Waals surface area contributed by atoms with Gasteiger partial charge in [-0.3, -0.25) is 3.93 Å². The van der Waals surface area contributed by atoms with E-state index in [9.17, 15) is 0 Å². The van der Waals surface area contributed by atoms with Gasteiger partial charge in [0.25, 0.3) is 0 Å². The largest absolute Gasteiger partial charge is 0.368 e. The van der Waals surface area contributed by atoms with Crippen LogP contribution in [0.2, 0.25) is 0 Å². The molecule has 25 heavy (non-hydrogen) atoms. The molecule has 0 unspecified atom stereocenters. The van der Waals surface area contributed by atoms with Crippen LogP contribution in [-0.4, -0.2) is 9.97 Å². The number of hydrogen-bond donors (Lipinski definition) is 1. The van der Waals surface area contributed by atoms with Crippen molar-refractivity contribution >= 4 is 55.8 Å². The number of halogens is 1. The summed E-state index contributed by atoms with van der Waals surface area (Å²) < 4.78 is 1.86. The van der Waals surface area contributed by atoms with Gasteiger partial charge in [-0.1, -0.05) is 24.3 Å². The van der Waals surface area contributed by atoms with Crippen molar-refractivity contribution in [3.63, 3.8) is 0 Å². The Morgan fingerprint density at radius 1 is 1.04 bits per heavy atom. The summed E-state index contributed by atoms with van der Waals surface area (Å²) in [5, 5.41) is 3.10. The van der Waals surface area contributed by atoms with E-state index in [1.807, 2.05) is 40.3 Å². The number of benzene rings is 2. The van der Waals surface area contributed by atoms with Crippen molar-refractivity contribution in [2.75, 3.05) is 9.66 Å². The molecule has 2 aromatic carbocycles. The van der Waals surface area contributed by atoms with E-state index in [0.717, 1.165) is 28.0 Å². The summed E-state index contributed by atoms with van der Waals surface area (Å²) in [5.41, 5.74) is 10.1. The molecule has 0 aliphatic heterocycles. The highest BCUT2D eigenvalue weighted by atomic mass is 79.9. The van der Waals surface area contributed by atoms with E-state index in [4.69, 9.17) is 5.73 Å². The van der Waals surface area contributed by atoms with Crippen molar-refractivity contribution in [3.05, 3.63) is 65.5 Å². The molecule has 2 N–H and O–H groups in total. The topological polar surface area (TPSA) is 55.0 Å². The monoisotopic (exact) mass is 410 g/mol. The van der Waals surface area contributed by atoms with Gasteiger partial charge in [0.2, 0.25) is 5.95 Å². The van der Waals surface area contributed by atoms with E-state index < -0.39 is 0 Å². The normalized spacial score (nSPS) is 11.0. The van der Waals surface area contributed by atoms with Gasteiger partial charge >= 0.3 is 0 Å². The highest BCUT2D eigenvalue weighted by Gasteiger charge is 2.15. The Balaban J connectivity index is 1.90. The van der Waals surface area contributed by atoms with Crippen LogP contribution in [0, 0.1) is 6.92 Å². The number of nitrogens with zero attached hydrogens (tertiary/aromatic N) is 3. The van der Waals surface area contributed by atoms with E-state index in [1.54, 1.807) is 11.3 Å². The summed E-state index contributed by atoms with van der Waals surface area (Å²) in [6, 6.07) is 18.3. The van der Waals surface area contributed by atoms with Crippen molar-refractivity contribution in [1.29, 1.82) is 0 Å². The summed E-state index contributed by atoms with van der Waals surface area (Å²) >= 11 is 5.36. The van der Waals surface area contributed by atoms with Gasteiger partial charge in [0.05, 0.1) is 27.4 Å². The zero-order valence-corrected chi connectivity index (χ0v) is 15.9. The summed E-state index contributed by atoms with van der Waals surface area (Å²) in [7, 11) is 0. The number of aromatic nitrogens is 2. The number of thiophene rings is 1. The maximum absolute atomic E-state index is 5.93. The first-order valence-electron chi connectivity index (χ1n) is 7.75. The fraction of sp³-hybridized carbons (Fsp3) is 0.0526. The van der Waals surface area contributed by atoms with Crippen LogP contribution in [0.25, 0.3) is 21.3 Å². The maximum atomic E-state index is 5.93. The molecular formula is C19H15BrN4S. The number of aryl methyl sites for hydroxylation is 1. The second-order valence-corrected chi connectivity index (χ2v) is 7.36. The standard InChI is InChI=1S/C19H15BrN4S/c1-12-9-17(25-11-12)13-7-8-16-15(10-13)18(23-19(21)22-16)24(20)14-5-3-2-4-6-14/h2-11H,1H3,(H2,21,22,23). The van der Waals surface area contributed by atoms with Crippen LogP contribution in [0.1, 0.15) is 5.56 Å². The molecule has 0 amide bonds. The average molecular weight is 411 g/mol. The predicted octanol–water partition coefficient (Wildman–Crippen LogP) is 5.70. The molecule has 124 valence electrons. The predicted molar refractivity (Wildman–Crippen MR) is 110 cm³/mol. The Morgan fingerprint density at radius 2 is 1.84 bits per heavy atom. The van der Waals surface area contributed by atoms with Crippen molar-refractivity contribution in [1.82, 2.24) is 9.97 Å². The Labute approximate surface area is 158 Å². The molecule has 0 aliphatic rings. The van der Waals surface area contributed by atoms with Crippen LogP contribution < -0.4 is 9.66 Å². The van der Waals surface area contributed by atoms with Crippen LogP contribution in [-0.2, 0) is 0 Å². The maximum Gasteiger partial charge on any atom is 0.222 e. The van der Waals surface area contributed by atoms with E-state index in [1.165, 1.54) is 10.4 Å². The average Bonchev–Trinajstić information content (AvgIpc) is 3.07. The third-order valence-corrected chi connectivity index (χ3v) is 5.72. The molecule has 4 rings (SSSR count). The smallest absolute Gasteiger partial charge is 0.222 e. The molecule has 0 aliphatic carbocycles. The molecule has 0 saturated carbocycles. The van der Waals surface area contributed by atoms with Crippen molar-refractivity contribution in [2.45, 2.75) is 6.92 Å². The fourth-order valence-electron chi connectivity index (χ4n) is 2.70. The first-order chi connectivity index (χ1) is 12.1. The second kappa shape index (κ2) is 6.46. The Hall–Kier alpha value is -2.44. The molecule has 6 heteroatoms. The number of para-hydroxylation sites is 1. The first kappa shape index (κ1) is 16.1. The zero-order chi connectivity index (χ0) is 17.4. The molecule has 0 spiro atoms. The molecule has 0 bridgehead atoms. The van der Waals surface area contributed by atoms with E-state index in [-0.39, 0.29) is 5.95 Å². The fourth-order valence-corrected chi connectivity index (χ4v) is 4.10. The molecule has 4 aromatic rings. The van der Waals surface area contributed by atoms with Gasteiger partial charge in [-0.15, -0.1) is 11.3 Å². The second-order valence-electron chi connectivity index (χ2n) is 5.74. The number of hydrogen-bond acceptors (Lipinski definition) is 5. The van der Waals surface area contributed by atoms with Gasteiger partial charge in [-0.2, -0.15) is 4.98 Å². The summed E-state index contributed by atoms with van der Waals surface area (Å²) in [6.07, 6.45) is 0. The Kier molecular flexibility index (Phi) is 4.15. The lowest BCUT2D eigenvalue weighted by Gasteiger charge is -2.18. The van der Waals surface area contributed by atoms with Crippen molar-refractivity contribution < 1.29 is 0 Å². The lowest BCUT2D eigenvalue weighted by molar-refractivity contribution is 1.21. The Bertz CT molecular complexity index is 1050. The van der Waals surface area contributed by atoms with Crippen LogP contribution in [0.3, 0.4) is 0 Å². The molecule has 4 nitrogen and oxygen atoms in total. The number of fused-ring (bicyclic) bond motifs is 1. The minimum absolute atomic E-state index is 0.252. The lowest BCUT2D eigenvalue weighted by atomic mass is 10.1. The molecule has 2 aromatic heterocycles. The highest BCUT2D eigenvalue weighted by Crippen LogP contribution is 2.36. The van der Waals surface area contributed by atoms with Gasteiger partial charge in [-0.05, 0) is 53.8 Å². The molecule has 0 atom stereocenters. The number of nitrogens with two attached hydrogens (primary N) is 1. The first-order valence-corrected chi connectivity index (χ1v) is 9.34. The molecule has 0 fully saturated rings. The van der Waals surface area contributed by atoms with Crippen molar-refractivity contribution in [2.24, 2.45) is 0 Å². The SMILES string of the molecule is Cc1csc(-c2ccc3nc(N)nc(N(Br)c4ccccc4)c3c2)c1. The summed E-state index contributed by atoms with van der Waals surface area (Å²) in [6.45, 7) is 2.10. The van der Waals surface area contributed by atoms with Gasteiger partial charge < -0.3 is 5.73 Å². The van der Waals surface area contributed by atoms with Crippen LogP contribution in [0.4, 0.5) is 17.5 Å². The Morgan fingerprint density at radius 3 is 2.56 bits per heavy atom. The quantitative estimate of drug-likeness (QED) is 0.440. The van der Waals surface area contributed by atoms with Gasteiger partial charge in [0.15, 0.2) is 5.82 Å². The summed E-state index contributed by atoms with van der Waals surface area (Å²) in [5.74, 6) is 0.978. The summed E-state index contributed by atoms with van der Waals surface area (Å²) in [4.78, 5) is 10.1.